The summed E-state index contributed by atoms with van der Waals surface area (Å²) in [6, 6.07) is 12.3. The summed E-state index contributed by atoms with van der Waals surface area (Å²) in [5.74, 6) is -0.599. The zero-order valence-corrected chi connectivity index (χ0v) is 15.9. The Balaban J connectivity index is 2.14. The van der Waals surface area contributed by atoms with E-state index in [9.17, 15) is 19.2 Å². The van der Waals surface area contributed by atoms with Gasteiger partial charge in [-0.2, -0.15) is 0 Å². The SMILES string of the molecule is CC(=O)NC(CC(=O)c1ccc(OC(C)=O)cc1)c1ccc(OC(C)=O)cc1. The van der Waals surface area contributed by atoms with Gasteiger partial charge in [0.1, 0.15) is 11.5 Å². The maximum Gasteiger partial charge on any atom is 0.308 e. The molecule has 1 amide bonds. The van der Waals surface area contributed by atoms with Gasteiger partial charge in [0.15, 0.2) is 5.78 Å². The molecule has 7 nitrogen and oxygen atoms in total. The van der Waals surface area contributed by atoms with Crippen molar-refractivity contribution in [2.75, 3.05) is 0 Å². The maximum atomic E-state index is 12.6. The second kappa shape index (κ2) is 9.45. The molecule has 0 aliphatic rings. The van der Waals surface area contributed by atoms with E-state index in [0.29, 0.717) is 22.6 Å². The van der Waals surface area contributed by atoms with Crippen LogP contribution in [0.25, 0.3) is 0 Å². The second-order valence-electron chi connectivity index (χ2n) is 6.16. The smallest absolute Gasteiger partial charge is 0.308 e. The fourth-order valence-corrected chi connectivity index (χ4v) is 2.61. The summed E-state index contributed by atoms with van der Waals surface area (Å²) in [7, 11) is 0. The fraction of sp³-hybridized carbons (Fsp3) is 0.238. The molecule has 0 spiro atoms. The standard InChI is InChI=1S/C21H21NO6/c1-13(23)22-20(16-4-8-18(9-5-16)27-14(2)24)12-21(26)17-6-10-19(11-7-17)28-15(3)25/h4-11,20H,12H2,1-3H3,(H,22,23). The number of rotatable bonds is 7. The van der Waals surface area contributed by atoms with Crippen molar-refractivity contribution >= 4 is 23.6 Å². The molecule has 0 heterocycles. The number of carbonyl (C=O) groups is 4. The Morgan fingerprint density at radius 3 is 1.68 bits per heavy atom. The molecule has 1 N–H and O–H groups in total. The summed E-state index contributed by atoms with van der Waals surface area (Å²) in [4.78, 5) is 46.2. The van der Waals surface area contributed by atoms with E-state index in [1.165, 1.54) is 32.9 Å². The molecule has 7 heteroatoms. The van der Waals surface area contributed by atoms with Gasteiger partial charge in [0.05, 0.1) is 6.04 Å². The van der Waals surface area contributed by atoms with Gasteiger partial charge in [-0.1, -0.05) is 12.1 Å². The van der Waals surface area contributed by atoms with Crippen molar-refractivity contribution in [1.82, 2.24) is 5.32 Å². The third-order valence-electron chi connectivity index (χ3n) is 3.75. The van der Waals surface area contributed by atoms with E-state index in [2.05, 4.69) is 5.32 Å². The first-order valence-corrected chi connectivity index (χ1v) is 8.61. The monoisotopic (exact) mass is 383 g/mol. The van der Waals surface area contributed by atoms with Crippen LogP contribution in [-0.4, -0.2) is 23.6 Å². The molecule has 0 aliphatic heterocycles. The zero-order chi connectivity index (χ0) is 20.7. The average Bonchev–Trinajstić information content (AvgIpc) is 2.61. The first kappa shape index (κ1) is 20.8. The lowest BCUT2D eigenvalue weighted by Crippen LogP contribution is -2.28. The molecular formula is C21H21NO6. The predicted octanol–water partition coefficient (Wildman–Crippen LogP) is 2.99. The Labute approximate surface area is 162 Å². The molecule has 0 saturated heterocycles. The number of hydrogen-bond acceptors (Lipinski definition) is 6. The molecule has 0 saturated carbocycles. The lowest BCUT2D eigenvalue weighted by atomic mass is 9.97. The molecule has 2 aromatic carbocycles. The number of nitrogens with one attached hydrogen (secondary N) is 1. The lowest BCUT2D eigenvalue weighted by molar-refractivity contribution is -0.132. The molecule has 146 valence electrons. The fourth-order valence-electron chi connectivity index (χ4n) is 2.61. The summed E-state index contributed by atoms with van der Waals surface area (Å²) in [5, 5.41) is 2.76. The van der Waals surface area contributed by atoms with E-state index in [1.54, 1.807) is 36.4 Å². The van der Waals surface area contributed by atoms with E-state index in [4.69, 9.17) is 9.47 Å². The van der Waals surface area contributed by atoms with Crippen LogP contribution < -0.4 is 14.8 Å². The van der Waals surface area contributed by atoms with Gasteiger partial charge in [-0.15, -0.1) is 0 Å². The molecule has 2 aromatic rings. The third-order valence-corrected chi connectivity index (χ3v) is 3.75. The van der Waals surface area contributed by atoms with Crippen molar-refractivity contribution in [3.63, 3.8) is 0 Å². The summed E-state index contributed by atoms with van der Waals surface area (Å²) in [5.41, 5.74) is 1.14. The highest BCUT2D eigenvalue weighted by atomic mass is 16.5. The van der Waals surface area contributed by atoms with E-state index in [1.807, 2.05) is 0 Å². The largest absolute Gasteiger partial charge is 0.427 e. The summed E-state index contributed by atoms with van der Waals surface area (Å²) >= 11 is 0. The summed E-state index contributed by atoms with van der Waals surface area (Å²) in [6.45, 7) is 3.97. The molecule has 28 heavy (non-hydrogen) atoms. The molecular weight excluding hydrogens is 362 g/mol. The van der Waals surface area contributed by atoms with Crippen molar-refractivity contribution in [1.29, 1.82) is 0 Å². The van der Waals surface area contributed by atoms with Crippen molar-refractivity contribution < 1.29 is 28.7 Å². The first-order chi connectivity index (χ1) is 13.2. The van der Waals surface area contributed by atoms with Crippen LogP contribution in [0, 0.1) is 0 Å². The van der Waals surface area contributed by atoms with Crippen LogP contribution in [0.3, 0.4) is 0 Å². The highest BCUT2D eigenvalue weighted by molar-refractivity contribution is 5.97. The van der Waals surface area contributed by atoms with Crippen molar-refractivity contribution in [2.45, 2.75) is 33.2 Å². The minimum Gasteiger partial charge on any atom is -0.427 e. The maximum absolute atomic E-state index is 12.6. The quantitative estimate of drug-likeness (QED) is 0.448. The van der Waals surface area contributed by atoms with Gasteiger partial charge >= 0.3 is 11.9 Å². The number of ketones is 1. The topological polar surface area (TPSA) is 98.8 Å². The highest BCUT2D eigenvalue weighted by Gasteiger charge is 2.19. The second-order valence-corrected chi connectivity index (χ2v) is 6.16. The van der Waals surface area contributed by atoms with Gasteiger partial charge in [0.25, 0.3) is 0 Å². The molecule has 2 rings (SSSR count). The summed E-state index contributed by atoms with van der Waals surface area (Å²) < 4.78 is 9.94. The first-order valence-electron chi connectivity index (χ1n) is 8.61. The van der Waals surface area contributed by atoms with Gasteiger partial charge in [-0.25, -0.2) is 0 Å². The van der Waals surface area contributed by atoms with E-state index in [-0.39, 0.29) is 18.1 Å². The molecule has 0 fully saturated rings. The lowest BCUT2D eigenvalue weighted by Gasteiger charge is -2.18. The van der Waals surface area contributed by atoms with Crippen LogP contribution in [0.2, 0.25) is 0 Å². The zero-order valence-electron chi connectivity index (χ0n) is 15.9. The van der Waals surface area contributed by atoms with Gasteiger partial charge in [0, 0.05) is 32.8 Å². The number of Topliss-reactive ketones (excluding diaryl/α,β-unsaturated/α-hetero) is 1. The van der Waals surface area contributed by atoms with Crippen molar-refractivity contribution in [3.05, 3.63) is 59.7 Å². The average molecular weight is 383 g/mol. The number of carbonyl (C=O) groups excluding carboxylic acids is 4. The normalized spacial score (nSPS) is 11.2. The molecule has 1 atom stereocenters. The van der Waals surface area contributed by atoms with Crippen LogP contribution >= 0.6 is 0 Å². The number of ether oxygens (including phenoxy) is 2. The Kier molecular flexibility index (Phi) is 7.03. The van der Waals surface area contributed by atoms with Crippen molar-refractivity contribution in [3.8, 4) is 11.5 Å². The minimum absolute atomic E-state index is 0.0411. The Morgan fingerprint density at radius 2 is 1.25 bits per heavy atom. The Morgan fingerprint density at radius 1 is 0.786 bits per heavy atom. The highest BCUT2D eigenvalue weighted by Crippen LogP contribution is 2.23. The van der Waals surface area contributed by atoms with Gasteiger partial charge in [-0.05, 0) is 42.0 Å². The van der Waals surface area contributed by atoms with Crippen molar-refractivity contribution in [2.24, 2.45) is 0 Å². The minimum atomic E-state index is -0.537. The molecule has 0 aliphatic carbocycles. The molecule has 0 aromatic heterocycles. The van der Waals surface area contributed by atoms with Gasteiger partial charge in [-0.3, -0.25) is 19.2 Å². The van der Waals surface area contributed by atoms with Gasteiger partial charge < -0.3 is 14.8 Å². The van der Waals surface area contributed by atoms with E-state index in [0.717, 1.165) is 0 Å². The van der Waals surface area contributed by atoms with Crippen LogP contribution in [0.15, 0.2) is 48.5 Å². The van der Waals surface area contributed by atoms with E-state index >= 15 is 0 Å². The number of amides is 1. The molecule has 1 unspecified atom stereocenters. The third kappa shape index (κ3) is 6.35. The number of esters is 2. The number of benzene rings is 2. The van der Waals surface area contributed by atoms with Crippen LogP contribution in [0.5, 0.6) is 11.5 Å². The Hall–Kier alpha value is -3.48. The van der Waals surface area contributed by atoms with E-state index < -0.39 is 18.0 Å². The molecule has 0 bridgehead atoms. The van der Waals surface area contributed by atoms with Gasteiger partial charge in [0.2, 0.25) is 5.91 Å². The predicted molar refractivity (Wildman–Crippen MR) is 101 cm³/mol. The van der Waals surface area contributed by atoms with Crippen LogP contribution in [0.1, 0.15) is 49.2 Å². The number of hydrogen-bond donors (Lipinski definition) is 1. The molecule has 0 radical (unpaired) electrons. The summed E-state index contributed by atoms with van der Waals surface area (Å²) in [6.07, 6.45) is 0.0411. The Bertz CT molecular complexity index is 871. The van der Waals surface area contributed by atoms with Crippen LogP contribution in [-0.2, 0) is 14.4 Å². The van der Waals surface area contributed by atoms with Crippen LogP contribution in [0.4, 0.5) is 0 Å².